The summed E-state index contributed by atoms with van der Waals surface area (Å²) in [7, 11) is 0. The number of hydrogen-bond acceptors (Lipinski definition) is 4. The zero-order chi connectivity index (χ0) is 12.4. The number of pyridine rings is 1. The minimum absolute atomic E-state index is 0.110. The lowest BCUT2D eigenvalue weighted by molar-refractivity contribution is 0.0450. The summed E-state index contributed by atoms with van der Waals surface area (Å²) in [5, 5.41) is 12.7. The van der Waals surface area contributed by atoms with E-state index in [4.69, 9.17) is 0 Å². The quantitative estimate of drug-likeness (QED) is 0.919. The van der Waals surface area contributed by atoms with Crippen molar-refractivity contribution in [2.24, 2.45) is 5.41 Å². The van der Waals surface area contributed by atoms with Gasteiger partial charge in [0, 0.05) is 24.6 Å². The second-order valence-electron chi connectivity index (χ2n) is 5.03. The van der Waals surface area contributed by atoms with Crippen molar-refractivity contribution in [3.05, 3.63) is 34.8 Å². The number of nitrogens with zero attached hydrogens (tertiary/aromatic N) is 2. The van der Waals surface area contributed by atoms with Crippen LogP contribution < -0.4 is 0 Å². The molecule has 94 valence electrons. The number of hydrogen-bond donors (Lipinski definition) is 1. The van der Waals surface area contributed by atoms with E-state index in [0.29, 0.717) is 0 Å². The lowest BCUT2D eigenvalue weighted by atomic mass is 9.67. The molecule has 2 aromatic heterocycles. The molecule has 3 rings (SSSR count). The molecule has 1 fully saturated rings. The smallest absolute Gasteiger partial charge is 0.0998 e. The van der Waals surface area contributed by atoms with Gasteiger partial charge in [-0.15, -0.1) is 11.3 Å². The first-order valence-corrected chi connectivity index (χ1v) is 7.16. The van der Waals surface area contributed by atoms with E-state index in [2.05, 4.69) is 15.3 Å². The van der Waals surface area contributed by atoms with E-state index in [1.54, 1.807) is 17.5 Å². The summed E-state index contributed by atoms with van der Waals surface area (Å²) in [6, 6.07) is 5.86. The summed E-state index contributed by atoms with van der Waals surface area (Å²) in [6.07, 6.45) is 6.18. The van der Waals surface area contributed by atoms with E-state index in [-0.39, 0.29) is 12.0 Å². The molecule has 3 nitrogen and oxygen atoms in total. The van der Waals surface area contributed by atoms with E-state index in [1.165, 1.54) is 6.42 Å². The molecule has 0 atom stereocenters. The van der Waals surface area contributed by atoms with Crippen LogP contribution in [0.3, 0.4) is 0 Å². The van der Waals surface area contributed by atoms with Gasteiger partial charge in [0.2, 0.25) is 0 Å². The highest BCUT2D eigenvalue weighted by atomic mass is 32.1. The normalized spacial score (nSPS) is 17.4. The molecule has 2 aromatic rings. The Morgan fingerprint density at radius 3 is 2.78 bits per heavy atom. The molecule has 1 aliphatic carbocycles. The molecule has 4 heteroatoms. The van der Waals surface area contributed by atoms with Gasteiger partial charge in [-0.1, -0.05) is 12.5 Å². The summed E-state index contributed by atoms with van der Waals surface area (Å²) in [4.78, 5) is 8.95. The molecular formula is C14H16N2OS. The molecule has 0 bridgehead atoms. The molecule has 0 amide bonds. The van der Waals surface area contributed by atoms with Crippen molar-refractivity contribution in [2.75, 3.05) is 6.61 Å². The van der Waals surface area contributed by atoms with Gasteiger partial charge in [0.25, 0.3) is 0 Å². The molecule has 0 saturated heterocycles. The second-order valence-corrected chi connectivity index (χ2v) is 5.97. The minimum atomic E-state index is 0.110. The average molecular weight is 260 g/mol. The van der Waals surface area contributed by atoms with Crippen LogP contribution in [0.1, 0.15) is 24.3 Å². The Bertz CT molecular complexity index is 514. The first kappa shape index (κ1) is 11.8. The largest absolute Gasteiger partial charge is 0.396 e. The van der Waals surface area contributed by atoms with Gasteiger partial charge < -0.3 is 5.11 Å². The van der Waals surface area contributed by atoms with Crippen LogP contribution in [0.25, 0.3) is 11.4 Å². The van der Waals surface area contributed by atoms with Crippen LogP contribution in [-0.2, 0) is 6.42 Å². The summed E-state index contributed by atoms with van der Waals surface area (Å²) in [5.41, 5.74) is 1.98. The fourth-order valence-corrected chi connectivity index (χ4v) is 3.37. The summed E-state index contributed by atoms with van der Waals surface area (Å²) in [5.74, 6) is 0. The molecule has 18 heavy (non-hydrogen) atoms. The Kier molecular flexibility index (Phi) is 3.14. The van der Waals surface area contributed by atoms with Crippen LogP contribution in [-0.4, -0.2) is 21.7 Å². The number of aliphatic hydroxyl groups excluding tert-OH is 1. The molecule has 1 saturated carbocycles. The van der Waals surface area contributed by atoms with Crippen LogP contribution in [0.15, 0.2) is 29.8 Å². The third-order valence-corrected chi connectivity index (χ3v) is 4.60. The first-order valence-electron chi connectivity index (χ1n) is 6.28. The van der Waals surface area contributed by atoms with Crippen molar-refractivity contribution in [1.29, 1.82) is 0 Å². The van der Waals surface area contributed by atoms with Gasteiger partial charge in [-0.2, -0.15) is 0 Å². The van der Waals surface area contributed by atoms with Gasteiger partial charge in [-0.05, 0) is 30.4 Å². The zero-order valence-electron chi connectivity index (χ0n) is 10.2. The van der Waals surface area contributed by atoms with Gasteiger partial charge in [-0.25, -0.2) is 4.98 Å². The van der Waals surface area contributed by atoms with Crippen molar-refractivity contribution in [3.63, 3.8) is 0 Å². The molecule has 1 aliphatic rings. The zero-order valence-corrected chi connectivity index (χ0v) is 11.0. The third kappa shape index (κ3) is 2.18. The lowest BCUT2D eigenvalue weighted by Crippen LogP contribution is -2.35. The standard InChI is InChI=1S/C14H16N2OS/c17-10-14(5-3-6-14)8-13-16-12(9-18-13)11-4-1-2-7-15-11/h1-2,4,7,9,17H,3,5-6,8,10H2. The van der Waals surface area contributed by atoms with Crippen molar-refractivity contribution >= 4 is 11.3 Å². The van der Waals surface area contributed by atoms with Crippen molar-refractivity contribution in [3.8, 4) is 11.4 Å². The summed E-state index contributed by atoms with van der Waals surface area (Å²) < 4.78 is 0. The van der Waals surface area contributed by atoms with E-state index < -0.39 is 0 Å². The fraction of sp³-hybridized carbons (Fsp3) is 0.429. The fourth-order valence-electron chi connectivity index (χ4n) is 2.41. The second kappa shape index (κ2) is 4.78. The predicted molar refractivity (Wildman–Crippen MR) is 72.4 cm³/mol. The Balaban J connectivity index is 1.78. The van der Waals surface area contributed by atoms with Crippen LogP contribution >= 0.6 is 11.3 Å². The molecule has 0 unspecified atom stereocenters. The van der Waals surface area contributed by atoms with Crippen molar-refractivity contribution in [2.45, 2.75) is 25.7 Å². The molecule has 1 N–H and O–H groups in total. The third-order valence-electron chi connectivity index (χ3n) is 3.75. The SMILES string of the molecule is OCC1(Cc2nc(-c3ccccn3)cs2)CCC1. The summed E-state index contributed by atoms with van der Waals surface area (Å²) >= 11 is 1.67. The molecule has 0 spiro atoms. The Morgan fingerprint density at radius 2 is 2.17 bits per heavy atom. The number of rotatable bonds is 4. The average Bonchev–Trinajstić information content (AvgIpc) is 2.83. The Morgan fingerprint density at radius 1 is 1.28 bits per heavy atom. The first-order chi connectivity index (χ1) is 8.81. The predicted octanol–water partition coefficient (Wildman–Crippen LogP) is 2.91. The lowest BCUT2D eigenvalue weighted by Gasteiger charge is -2.39. The van der Waals surface area contributed by atoms with Gasteiger partial charge in [-0.3, -0.25) is 4.98 Å². The van der Waals surface area contributed by atoms with Crippen LogP contribution in [0.4, 0.5) is 0 Å². The number of aliphatic hydroxyl groups is 1. The Hall–Kier alpha value is -1.26. The van der Waals surface area contributed by atoms with E-state index in [0.717, 1.165) is 35.7 Å². The highest BCUT2D eigenvalue weighted by molar-refractivity contribution is 7.09. The van der Waals surface area contributed by atoms with E-state index >= 15 is 0 Å². The van der Waals surface area contributed by atoms with Crippen LogP contribution in [0.5, 0.6) is 0 Å². The topological polar surface area (TPSA) is 46.0 Å². The molecule has 0 radical (unpaired) electrons. The molecule has 2 heterocycles. The highest BCUT2D eigenvalue weighted by Gasteiger charge is 2.37. The van der Waals surface area contributed by atoms with E-state index in [1.807, 2.05) is 18.2 Å². The van der Waals surface area contributed by atoms with E-state index in [9.17, 15) is 5.11 Å². The number of aromatic nitrogens is 2. The van der Waals surface area contributed by atoms with Crippen molar-refractivity contribution < 1.29 is 5.11 Å². The molecular weight excluding hydrogens is 244 g/mol. The van der Waals surface area contributed by atoms with Crippen molar-refractivity contribution in [1.82, 2.24) is 9.97 Å². The highest BCUT2D eigenvalue weighted by Crippen LogP contribution is 2.43. The van der Waals surface area contributed by atoms with Gasteiger partial charge in [0.15, 0.2) is 0 Å². The monoisotopic (exact) mass is 260 g/mol. The number of thiazole rings is 1. The van der Waals surface area contributed by atoms with Crippen LogP contribution in [0, 0.1) is 5.41 Å². The van der Waals surface area contributed by atoms with Crippen LogP contribution in [0.2, 0.25) is 0 Å². The Labute approximate surface area is 111 Å². The van der Waals surface area contributed by atoms with Gasteiger partial charge in [0.05, 0.1) is 16.4 Å². The maximum absolute atomic E-state index is 9.49. The van der Waals surface area contributed by atoms with Gasteiger partial charge >= 0.3 is 0 Å². The minimum Gasteiger partial charge on any atom is -0.396 e. The van der Waals surface area contributed by atoms with Gasteiger partial charge in [0.1, 0.15) is 0 Å². The molecule has 0 aromatic carbocycles. The maximum Gasteiger partial charge on any atom is 0.0998 e. The maximum atomic E-state index is 9.49. The summed E-state index contributed by atoms with van der Waals surface area (Å²) in [6.45, 7) is 0.283. The molecule has 0 aliphatic heterocycles.